The van der Waals surface area contributed by atoms with E-state index in [0.29, 0.717) is 23.7 Å². The van der Waals surface area contributed by atoms with E-state index in [9.17, 15) is 4.39 Å². The highest BCUT2D eigenvalue weighted by Crippen LogP contribution is 2.09. The van der Waals surface area contributed by atoms with Crippen LogP contribution >= 0.6 is 0 Å². The summed E-state index contributed by atoms with van der Waals surface area (Å²) in [5, 5.41) is 11.7. The van der Waals surface area contributed by atoms with Crippen LogP contribution in [-0.4, -0.2) is 6.04 Å². The lowest BCUT2D eigenvalue weighted by molar-refractivity contribution is 0.553. The number of nitrogens with zero attached hydrogens (tertiary/aromatic N) is 1. The molecule has 0 saturated carbocycles. The van der Waals surface area contributed by atoms with Crippen LogP contribution in [0.5, 0.6) is 0 Å². The van der Waals surface area contributed by atoms with Gasteiger partial charge in [-0.2, -0.15) is 5.26 Å². The second-order valence-corrected chi connectivity index (χ2v) is 3.45. The molecule has 3 heteroatoms. The van der Waals surface area contributed by atoms with Gasteiger partial charge in [-0.25, -0.2) is 4.39 Å². The summed E-state index contributed by atoms with van der Waals surface area (Å²) in [6.07, 6.45) is 0. The van der Waals surface area contributed by atoms with Gasteiger partial charge in [-0.05, 0) is 18.2 Å². The van der Waals surface area contributed by atoms with E-state index >= 15 is 0 Å². The van der Waals surface area contributed by atoms with Crippen LogP contribution in [0.1, 0.15) is 25.0 Å². The lowest BCUT2D eigenvalue weighted by Crippen LogP contribution is -2.22. The number of benzene rings is 1. The monoisotopic (exact) mass is 192 g/mol. The lowest BCUT2D eigenvalue weighted by atomic mass is 10.1. The highest BCUT2D eigenvalue weighted by Gasteiger charge is 2.03. The van der Waals surface area contributed by atoms with Gasteiger partial charge in [0.05, 0.1) is 11.6 Å². The molecule has 0 atom stereocenters. The van der Waals surface area contributed by atoms with Gasteiger partial charge in [-0.1, -0.05) is 13.8 Å². The molecule has 2 nitrogen and oxygen atoms in total. The summed E-state index contributed by atoms with van der Waals surface area (Å²) in [6, 6.07) is 6.68. The van der Waals surface area contributed by atoms with E-state index in [-0.39, 0.29) is 5.82 Å². The molecule has 1 aromatic carbocycles. The maximum atomic E-state index is 13.2. The summed E-state index contributed by atoms with van der Waals surface area (Å²) in [6.45, 7) is 4.44. The third kappa shape index (κ3) is 2.82. The quantitative estimate of drug-likeness (QED) is 0.796. The van der Waals surface area contributed by atoms with Crippen LogP contribution < -0.4 is 5.32 Å². The molecule has 0 amide bonds. The van der Waals surface area contributed by atoms with Crippen molar-refractivity contribution in [1.29, 1.82) is 5.26 Å². The molecule has 1 N–H and O–H groups in total. The van der Waals surface area contributed by atoms with Crippen molar-refractivity contribution >= 4 is 0 Å². The van der Waals surface area contributed by atoms with Crippen molar-refractivity contribution < 1.29 is 4.39 Å². The maximum Gasteiger partial charge on any atom is 0.127 e. The first-order valence-electron chi connectivity index (χ1n) is 4.55. The minimum absolute atomic E-state index is 0.267. The van der Waals surface area contributed by atoms with Crippen LogP contribution in [0.15, 0.2) is 18.2 Å². The summed E-state index contributed by atoms with van der Waals surface area (Å²) in [5.74, 6) is -0.267. The molecular weight excluding hydrogens is 179 g/mol. The summed E-state index contributed by atoms with van der Waals surface area (Å²) in [5.41, 5.74) is 1.03. The fourth-order valence-electron chi connectivity index (χ4n) is 1.09. The van der Waals surface area contributed by atoms with E-state index in [1.54, 1.807) is 6.07 Å². The molecule has 0 spiro atoms. The molecule has 1 aromatic rings. The largest absolute Gasteiger partial charge is 0.310 e. The Labute approximate surface area is 83.4 Å². The van der Waals surface area contributed by atoms with Crippen LogP contribution in [0.2, 0.25) is 0 Å². The number of rotatable bonds is 3. The molecular formula is C11H13FN2. The van der Waals surface area contributed by atoms with Gasteiger partial charge < -0.3 is 5.32 Å². The van der Waals surface area contributed by atoms with E-state index in [2.05, 4.69) is 5.32 Å². The maximum absolute atomic E-state index is 13.2. The Kier molecular flexibility index (Phi) is 3.61. The highest BCUT2D eigenvalue weighted by molar-refractivity contribution is 5.33. The summed E-state index contributed by atoms with van der Waals surface area (Å²) in [4.78, 5) is 0. The van der Waals surface area contributed by atoms with Gasteiger partial charge in [-0.3, -0.25) is 0 Å². The highest BCUT2D eigenvalue weighted by atomic mass is 19.1. The van der Waals surface area contributed by atoms with Gasteiger partial charge >= 0.3 is 0 Å². The Hall–Kier alpha value is -1.40. The fraction of sp³-hybridized carbons (Fsp3) is 0.364. The average Bonchev–Trinajstić information content (AvgIpc) is 2.16. The molecule has 0 bridgehead atoms. The molecule has 0 aliphatic carbocycles. The molecule has 0 fully saturated rings. The second-order valence-electron chi connectivity index (χ2n) is 3.45. The minimum Gasteiger partial charge on any atom is -0.310 e. The van der Waals surface area contributed by atoms with E-state index in [4.69, 9.17) is 5.26 Å². The van der Waals surface area contributed by atoms with E-state index < -0.39 is 0 Å². The van der Waals surface area contributed by atoms with Gasteiger partial charge in [0.1, 0.15) is 5.82 Å². The van der Waals surface area contributed by atoms with Crippen molar-refractivity contribution in [1.82, 2.24) is 5.32 Å². The SMILES string of the molecule is CC(C)NCc1cc(C#N)ccc1F. The number of halogens is 1. The predicted molar refractivity (Wildman–Crippen MR) is 53.1 cm³/mol. The zero-order chi connectivity index (χ0) is 10.6. The molecule has 14 heavy (non-hydrogen) atoms. The minimum atomic E-state index is -0.267. The van der Waals surface area contributed by atoms with Crippen molar-refractivity contribution in [2.75, 3.05) is 0 Å². The molecule has 74 valence electrons. The first-order chi connectivity index (χ1) is 6.63. The van der Waals surface area contributed by atoms with E-state index in [1.165, 1.54) is 12.1 Å². The van der Waals surface area contributed by atoms with Gasteiger partial charge in [-0.15, -0.1) is 0 Å². The smallest absolute Gasteiger partial charge is 0.127 e. The first-order valence-corrected chi connectivity index (χ1v) is 4.55. The molecule has 0 unspecified atom stereocenters. The van der Waals surface area contributed by atoms with E-state index in [1.807, 2.05) is 19.9 Å². The topological polar surface area (TPSA) is 35.8 Å². The van der Waals surface area contributed by atoms with Crippen molar-refractivity contribution in [2.45, 2.75) is 26.4 Å². The summed E-state index contributed by atoms with van der Waals surface area (Å²) >= 11 is 0. The molecule has 0 radical (unpaired) electrons. The second kappa shape index (κ2) is 4.73. The van der Waals surface area contributed by atoms with Crippen LogP contribution in [-0.2, 0) is 6.54 Å². The van der Waals surface area contributed by atoms with Crippen molar-refractivity contribution in [3.05, 3.63) is 35.1 Å². The lowest BCUT2D eigenvalue weighted by Gasteiger charge is -2.08. The van der Waals surface area contributed by atoms with Gasteiger partial charge in [0.15, 0.2) is 0 Å². The Bertz CT molecular complexity index is 353. The zero-order valence-electron chi connectivity index (χ0n) is 8.34. The Morgan fingerprint density at radius 3 is 2.79 bits per heavy atom. The third-order valence-corrected chi connectivity index (χ3v) is 1.88. The van der Waals surface area contributed by atoms with Gasteiger partial charge in [0.25, 0.3) is 0 Å². The number of nitrogens with one attached hydrogen (secondary N) is 1. The molecule has 0 aliphatic rings. The van der Waals surface area contributed by atoms with Crippen LogP contribution in [0.3, 0.4) is 0 Å². The Morgan fingerprint density at radius 1 is 1.50 bits per heavy atom. The van der Waals surface area contributed by atoms with Gasteiger partial charge in [0, 0.05) is 18.2 Å². The molecule has 1 rings (SSSR count). The van der Waals surface area contributed by atoms with Crippen LogP contribution in [0, 0.1) is 17.1 Å². The molecule has 0 aromatic heterocycles. The summed E-state index contributed by atoms with van der Waals surface area (Å²) < 4.78 is 13.2. The molecule has 0 saturated heterocycles. The number of nitriles is 1. The number of hydrogen-bond acceptors (Lipinski definition) is 2. The van der Waals surface area contributed by atoms with Crippen molar-refractivity contribution in [3.63, 3.8) is 0 Å². The standard InChI is InChI=1S/C11H13FN2/c1-8(2)14-7-10-5-9(6-13)3-4-11(10)12/h3-5,8,14H,7H2,1-2H3. The van der Waals surface area contributed by atoms with Crippen molar-refractivity contribution in [2.24, 2.45) is 0 Å². The van der Waals surface area contributed by atoms with E-state index in [0.717, 1.165) is 0 Å². The summed E-state index contributed by atoms with van der Waals surface area (Å²) in [7, 11) is 0. The first kappa shape index (κ1) is 10.7. The molecule has 0 heterocycles. The number of hydrogen-bond donors (Lipinski definition) is 1. The predicted octanol–water partition coefficient (Wildman–Crippen LogP) is 2.20. The average molecular weight is 192 g/mol. The normalized spacial score (nSPS) is 10.2. The van der Waals surface area contributed by atoms with Gasteiger partial charge in [0.2, 0.25) is 0 Å². The van der Waals surface area contributed by atoms with Crippen molar-refractivity contribution in [3.8, 4) is 6.07 Å². The Balaban J connectivity index is 2.80. The molecule has 0 aliphatic heterocycles. The fourth-order valence-corrected chi connectivity index (χ4v) is 1.09. The Morgan fingerprint density at radius 2 is 2.21 bits per heavy atom. The van der Waals surface area contributed by atoms with Crippen LogP contribution in [0.4, 0.5) is 4.39 Å². The zero-order valence-corrected chi connectivity index (χ0v) is 8.34. The van der Waals surface area contributed by atoms with Crippen LogP contribution in [0.25, 0.3) is 0 Å². The third-order valence-electron chi connectivity index (χ3n) is 1.88.